The SMILES string of the molecule is CC(C)(O)C(C)(C)OBc1ccc(OC(=O)N2CCC(c3ccccc3)C2)cc1. The van der Waals surface area contributed by atoms with Crippen LogP contribution in [0.2, 0.25) is 0 Å². The maximum atomic E-state index is 12.5. The van der Waals surface area contributed by atoms with Crippen molar-refractivity contribution in [2.24, 2.45) is 0 Å². The van der Waals surface area contributed by atoms with Crippen molar-refractivity contribution in [3.63, 3.8) is 0 Å². The fourth-order valence-corrected chi connectivity index (χ4v) is 3.18. The second-order valence-electron chi connectivity index (χ2n) is 8.71. The smallest absolute Gasteiger partial charge is 0.415 e. The van der Waals surface area contributed by atoms with E-state index in [0.717, 1.165) is 11.9 Å². The predicted octanol–water partition coefficient (Wildman–Crippen LogP) is 3.22. The summed E-state index contributed by atoms with van der Waals surface area (Å²) in [6.07, 6.45) is 0.641. The molecule has 1 fully saturated rings. The minimum absolute atomic E-state index is 0.310. The molecule has 1 heterocycles. The maximum Gasteiger partial charge on any atom is 0.415 e. The molecule has 1 N–H and O–H groups in total. The number of hydrogen-bond donors (Lipinski definition) is 1. The van der Waals surface area contributed by atoms with Crippen LogP contribution in [-0.4, -0.2) is 47.9 Å². The van der Waals surface area contributed by atoms with Crippen molar-refractivity contribution in [3.8, 4) is 5.75 Å². The average Bonchev–Trinajstić information content (AvgIpc) is 3.18. The highest BCUT2D eigenvalue weighted by Crippen LogP contribution is 2.27. The minimum Gasteiger partial charge on any atom is -0.427 e. The number of rotatable bonds is 6. The third-order valence-corrected chi connectivity index (χ3v) is 5.92. The Hall–Kier alpha value is -2.31. The van der Waals surface area contributed by atoms with Gasteiger partial charge in [0.05, 0.1) is 11.2 Å². The third kappa shape index (κ3) is 5.40. The molecule has 5 nitrogen and oxygen atoms in total. The molecule has 0 aliphatic carbocycles. The van der Waals surface area contributed by atoms with Crippen LogP contribution in [0.4, 0.5) is 4.79 Å². The lowest BCUT2D eigenvalue weighted by Crippen LogP contribution is -2.49. The lowest BCUT2D eigenvalue weighted by molar-refractivity contribution is -0.0893. The van der Waals surface area contributed by atoms with E-state index in [1.807, 2.05) is 44.2 Å². The zero-order chi connectivity index (χ0) is 21.1. The molecular weight excluding hydrogens is 365 g/mol. The van der Waals surface area contributed by atoms with Crippen LogP contribution < -0.4 is 10.2 Å². The van der Waals surface area contributed by atoms with Crippen molar-refractivity contribution in [2.75, 3.05) is 13.1 Å². The van der Waals surface area contributed by atoms with Crippen LogP contribution >= 0.6 is 0 Å². The molecule has 29 heavy (non-hydrogen) atoms. The Morgan fingerprint density at radius 2 is 1.72 bits per heavy atom. The quantitative estimate of drug-likeness (QED) is 0.764. The largest absolute Gasteiger partial charge is 0.427 e. The number of carbonyl (C=O) groups is 1. The Bertz CT molecular complexity index is 815. The average molecular weight is 395 g/mol. The van der Waals surface area contributed by atoms with Crippen LogP contribution in [0.15, 0.2) is 54.6 Å². The second kappa shape index (κ2) is 8.60. The van der Waals surface area contributed by atoms with E-state index in [2.05, 4.69) is 12.1 Å². The van der Waals surface area contributed by atoms with E-state index in [-0.39, 0.29) is 6.09 Å². The number of benzene rings is 2. The first kappa shape index (κ1) is 21.4. The molecule has 0 aromatic heterocycles. The van der Waals surface area contributed by atoms with Gasteiger partial charge >= 0.3 is 13.6 Å². The number of ether oxygens (including phenoxy) is 1. The standard InChI is InChI=1S/C23H30BNO4/c1-22(2,27)23(3,4)29-24-19-10-12-20(13-11-19)28-21(26)25-15-14-18(16-25)17-8-6-5-7-9-17/h5-13,18,24,27H,14-16H2,1-4H3. The Balaban J connectivity index is 1.51. The Kier molecular flexibility index (Phi) is 6.34. The van der Waals surface area contributed by atoms with Crippen LogP contribution in [0.3, 0.4) is 0 Å². The minimum atomic E-state index is -0.949. The van der Waals surface area contributed by atoms with Gasteiger partial charge in [-0.2, -0.15) is 0 Å². The number of nitrogens with zero attached hydrogens (tertiary/aromatic N) is 1. The lowest BCUT2D eigenvalue weighted by Gasteiger charge is -2.37. The Labute approximate surface area is 173 Å². The first-order chi connectivity index (χ1) is 13.7. The van der Waals surface area contributed by atoms with Crippen molar-refractivity contribution >= 4 is 19.0 Å². The van der Waals surface area contributed by atoms with E-state index in [9.17, 15) is 9.90 Å². The van der Waals surface area contributed by atoms with Gasteiger partial charge in [-0.1, -0.05) is 47.9 Å². The zero-order valence-corrected chi connectivity index (χ0v) is 17.7. The number of likely N-dealkylation sites (tertiary alicyclic amines) is 1. The van der Waals surface area contributed by atoms with Gasteiger partial charge in [0.25, 0.3) is 0 Å². The second-order valence-corrected chi connectivity index (χ2v) is 8.71. The van der Waals surface area contributed by atoms with Crippen LogP contribution in [0.25, 0.3) is 0 Å². The number of hydrogen-bond acceptors (Lipinski definition) is 4. The van der Waals surface area contributed by atoms with Gasteiger partial charge < -0.3 is 19.4 Å². The van der Waals surface area contributed by atoms with Gasteiger partial charge in [-0.15, -0.1) is 0 Å². The van der Waals surface area contributed by atoms with E-state index in [4.69, 9.17) is 9.39 Å². The molecular formula is C23H30BNO4. The Morgan fingerprint density at radius 3 is 2.34 bits per heavy atom. The van der Waals surface area contributed by atoms with E-state index < -0.39 is 11.2 Å². The molecule has 2 aromatic rings. The highest BCUT2D eigenvalue weighted by atomic mass is 16.6. The molecule has 0 radical (unpaired) electrons. The molecule has 2 aromatic carbocycles. The van der Waals surface area contributed by atoms with E-state index in [0.29, 0.717) is 32.2 Å². The molecule has 1 saturated heterocycles. The molecule has 1 aliphatic rings. The molecule has 1 amide bonds. The molecule has 0 saturated carbocycles. The molecule has 3 rings (SSSR count). The molecule has 154 valence electrons. The van der Waals surface area contributed by atoms with Gasteiger partial charge in [-0.25, -0.2) is 4.79 Å². The fraction of sp³-hybridized carbons (Fsp3) is 0.435. The van der Waals surface area contributed by atoms with Crippen molar-refractivity contribution in [2.45, 2.75) is 51.2 Å². The van der Waals surface area contributed by atoms with Crippen molar-refractivity contribution in [3.05, 3.63) is 60.2 Å². The highest BCUT2D eigenvalue weighted by molar-refractivity contribution is 6.47. The maximum absolute atomic E-state index is 12.5. The van der Waals surface area contributed by atoms with Crippen LogP contribution in [0.1, 0.15) is 45.6 Å². The summed E-state index contributed by atoms with van der Waals surface area (Å²) < 4.78 is 11.4. The van der Waals surface area contributed by atoms with Gasteiger partial charge in [0, 0.05) is 19.0 Å². The summed E-state index contributed by atoms with van der Waals surface area (Å²) in [6.45, 7) is 8.58. The van der Waals surface area contributed by atoms with E-state index in [1.165, 1.54) is 5.56 Å². The van der Waals surface area contributed by atoms with Gasteiger partial charge in [0.1, 0.15) is 5.75 Å². The summed E-state index contributed by atoms with van der Waals surface area (Å²) in [7, 11) is 0.371. The first-order valence-electron chi connectivity index (χ1n) is 10.1. The van der Waals surface area contributed by atoms with Crippen LogP contribution in [0, 0.1) is 0 Å². The topological polar surface area (TPSA) is 59.0 Å². The van der Waals surface area contributed by atoms with E-state index >= 15 is 0 Å². The van der Waals surface area contributed by atoms with Gasteiger partial charge in [0.15, 0.2) is 0 Å². The van der Waals surface area contributed by atoms with Crippen LogP contribution in [-0.2, 0) is 4.65 Å². The van der Waals surface area contributed by atoms with Crippen LogP contribution in [0.5, 0.6) is 5.75 Å². The molecule has 1 atom stereocenters. The lowest BCUT2D eigenvalue weighted by atomic mass is 9.82. The van der Waals surface area contributed by atoms with Gasteiger partial charge in [-0.3, -0.25) is 0 Å². The third-order valence-electron chi connectivity index (χ3n) is 5.92. The van der Waals surface area contributed by atoms with Gasteiger partial charge in [-0.05, 0) is 51.8 Å². The number of carbonyl (C=O) groups excluding carboxylic acids is 1. The summed E-state index contributed by atoms with van der Waals surface area (Å²) in [4.78, 5) is 14.3. The van der Waals surface area contributed by atoms with E-state index in [1.54, 1.807) is 30.9 Å². The number of aliphatic hydroxyl groups is 1. The summed E-state index contributed by atoms with van der Waals surface area (Å²) >= 11 is 0. The van der Waals surface area contributed by atoms with Gasteiger partial charge in [0.2, 0.25) is 0 Å². The summed E-state index contributed by atoms with van der Waals surface area (Å²) in [5.41, 5.74) is 0.590. The monoisotopic (exact) mass is 395 g/mol. The summed E-state index contributed by atoms with van der Waals surface area (Å²) in [6, 6.07) is 17.6. The van der Waals surface area contributed by atoms with Crippen molar-refractivity contribution < 1.29 is 19.3 Å². The highest BCUT2D eigenvalue weighted by Gasteiger charge is 2.35. The molecule has 6 heteroatoms. The Morgan fingerprint density at radius 1 is 1.07 bits per heavy atom. The predicted molar refractivity (Wildman–Crippen MR) is 116 cm³/mol. The molecule has 0 bridgehead atoms. The van der Waals surface area contributed by atoms with Crippen molar-refractivity contribution in [1.82, 2.24) is 4.90 Å². The van der Waals surface area contributed by atoms with Crippen molar-refractivity contribution in [1.29, 1.82) is 0 Å². The normalized spacial score (nSPS) is 17.3. The molecule has 1 aliphatic heterocycles. The first-order valence-corrected chi connectivity index (χ1v) is 10.1. The number of amides is 1. The summed E-state index contributed by atoms with van der Waals surface area (Å²) in [5, 5.41) is 10.2. The zero-order valence-electron chi connectivity index (χ0n) is 17.7. The summed E-state index contributed by atoms with van der Waals surface area (Å²) in [5.74, 6) is 0.881. The molecule has 1 unspecified atom stereocenters. The molecule has 0 spiro atoms. The fourth-order valence-electron chi connectivity index (χ4n) is 3.18.